The molecular weight excluding hydrogens is 590 g/mol. The molecule has 0 bridgehead atoms. The van der Waals surface area contributed by atoms with Crippen LogP contribution in [0.15, 0.2) is 42.5 Å². The maximum atomic E-state index is 12.9. The highest BCUT2D eigenvalue weighted by atomic mass is 32.1. The number of anilines is 2. The van der Waals surface area contributed by atoms with Crippen LogP contribution in [0.1, 0.15) is 49.6 Å². The SMILES string of the molecule is Cc1sc(NC(=O)Cc2cccc(OCCN(C)CCNC(=O)OC(C)(C)C)c2)nc1-c1ccc2c(c1)CCN2C(=O)C1CC1. The first-order valence-corrected chi connectivity index (χ1v) is 16.4. The zero-order valence-corrected chi connectivity index (χ0v) is 27.6. The van der Waals surface area contributed by atoms with Gasteiger partial charge in [0, 0.05) is 48.2 Å². The largest absolute Gasteiger partial charge is 0.492 e. The lowest BCUT2D eigenvalue weighted by molar-refractivity contribution is -0.119. The second-order valence-corrected chi connectivity index (χ2v) is 13.9. The number of aromatic nitrogens is 1. The van der Waals surface area contributed by atoms with Crippen LogP contribution in [-0.2, 0) is 27.2 Å². The number of likely N-dealkylation sites (N-methyl/N-ethyl adjacent to an activating group) is 1. The summed E-state index contributed by atoms with van der Waals surface area (Å²) in [6.07, 6.45) is 2.64. The number of nitrogens with one attached hydrogen (secondary N) is 2. The van der Waals surface area contributed by atoms with E-state index in [1.807, 2.05) is 76.0 Å². The number of carbonyl (C=O) groups excluding carboxylic acids is 3. The minimum atomic E-state index is -0.520. The summed E-state index contributed by atoms with van der Waals surface area (Å²) in [6.45, 7) is 10.5. The second-order valence-electron chi connectivity index (χ2n) is 12.7. The summed E-state index contributed by atoms with van der Waals surface area (Å²) in [5, 5.41) is 6.28. The lowest BCUT2D eigenvalue weighted by Crippen LogP contribution is -2.37. The lowest BCUT2D eigenvalue weighted by Gasteiger charge is -2.21. The highest BCUT2D eigenvalue weighted by Crippen LogP contribution is 2.39. The number of fused-ring (bicyclic) bond motifs is 1. The number of hydrogen-bond donors (Lipinski definition) is 2. The number of hydrogen-bond acceptors (Lipinski definition) is 8. The molecular formula is C34H43N5O5S. The third-order valence-electron chi connectivity index (χ3n) is 7.65. The van der Waals surface area contributed by atoms with Crippen molar-refractivity contribution < 1.29 is 23.9 Å². The van der Waals surface area contributed by atoms with Crippen LogP contribution in [0.4, 0.5) is 15.6 Å². The van der Waals surface area contributed by atoms with Gasteiger partial charge in [-0.1, -0.05) is 18.2 Å². The van der Waals surface area contributed by atoms with E-state index in [9.17, 15) is 14.4 Å². The molecule has 2 heterocycles. The van der Waals surface area contributed by atoms with Crippen LogP contribution in [0.2, 0.25) is 0 Å². The Morgan fingerprint density at radius 2 is 1.91 bits per heavy atom. The Morgan fingerprint density at radius 3 is 2.67 bits per heavy atom. The van der Waals surface area contributed by atoms with Gasteiger partial charge in [0.2, 0.25) is 11.8 Å². The molecule has 2 aromatic carbocycles. The molecule has 11 heteroatoms. The maximum absolute atomic E-state index is 12.9. The van der Waals surface area contributed by atoms with Crippen molar-refractivity contribution in [3.8, 4) is 17.0 Å². The van der Waals surface area contributed by atoms with Gasteiger partial charge in [-0.15, -0.1) is 11.3 Å². The smallest absolute Gasteiger partial charge is 0.407 e. The van der Waals surface area contributed by atoms with Gasteiger partial charge in [-0.05, 0) is 89.4 Å². The molecule has 5 rings (SSSR count). The molecule has 240 valence electrons. The second kappa shape index (κ2) is 14.0. The van der Waals surface area contributed by atoms with Crippen molar-refractivity contribution in [2.75, 3.05) is 50.1 Å². The summed E-state index contributed by atoms with van der Waals surface area (Å²) in [5.41, 5.74) is 4.36. The number of nitrogens with zero attached hydrogens (tertiary/aromatic N) is 3. The average molecular weight is 634 g/mol. The summed E-state index contributed by atoms with van der Waals surface area (Å²) in [7, 11) is 1.96. The van der Waals surface area contributed by atoms with E-state index in [1.165, 1.54) is 16.9 Å². The Bertz CT molecular complexity index is 1540. The third-order valence-corrected chi connectivity index (χ3v) is 8.54. The molecule has 0 spiro atoms. The zero-order valence-electron chi connectivity index (χ0n) is 26.8. The quantitative estimate of drug-likeness (QED) is 0.273. The fraction of sp³-hybridized carbons (Fsp3) is 0.471. The lowest BCUT2D eigenvalue weighted by atomic mass is 10.1. The maximum Gasteiger partial charge on any atom is 0.407 e. The monoisotopic (exact) mass is 633 g/mol. The molecule has 10 nitrogen and oxygen atoms in total. The number of carbonyl (C=O) groups is 3. The van der Waals surface area contributed by atoms with Crippen molar-refractivity contribution >= 4 is 40.1 Å². The number of amides is 3. The van der Waals surface area contributed by atoms with Gasteiger partial charge in [-0.3, -0.25) is 9.59 Å². The number of ether oxygens (including phenoxy) is 2. The number of aryl methyl sites for hydroxylation is 1. The Kier molecular flexibility index (Phi) is 10.1. The van der Waals surface area contributed by atoms with E-state index in [0.717, 1.165) is 53.2 Å². The molecule has 1 aromatic heterocycles. The number of alkyl carbamates (subject to hydrolysis) is 1. The Labute approximate surface area is 269 Å². The summed E-state index contributed by atoms with van der Waals surface area (Å²) < 4.78 is 11.2. The molecule has 1 fully saturated rings. The van der Waals surface area contributed by atoms with Gasteiger partial charge in [0.1, 0.15) is 18.0 Å². The normalized spacial score (nSPS) is 14.3. The van der Waals surface area contributed by atoms with Crippen molar-refractivity contribution in [3.05, 3.63) is 58.5 Å². The van der Waals surface area contributed by atoms with Gasteiger partial charge in [-0.25, -0.2) is 9.78 Å². The van der Waals surface area contributed by atoms with Gasteiger partial charge in [0.25, 0.3) is 0 Å². The molecule has 2 N–H and O–H groups in total. The minimum absolute atomic E-state index is 0.146. The molecule has 0 saturated heterocycles. The highest BCUT2D eigenvalue weighted by Gasteiger charge is 2.36. The Morgan fingerprint density at radius 1 is 1.11 bits per heavy atom. The number of benzene rings is 2. The van der Waals surface area contributed by atoms with Crippen LogP contribution in [0, 0.1) is 12.8 Å². The van der Waals surface area contributed by atoms with E-state index in [4.69, 9.17) is 14.5 Å². The zero-order chi connectivity index (χ0) is 32.1. The molecule has 1 aliphatic carbocycles. The van der Waals surface area contributed by atoms with E-state index in [1.54, 1.807) is 0 Å². The van der Waals surface area contributed by atoms with E-state index in [-0.39, 0.29) is 24.2 Å². The first-order chi connectivity index (χ1) is 21.4. The predicted molar refractivity (Wildman–Crippen MR) is 177 cm³/mol. The molecule has 3 amide bonds. The van der Waals surface area contributed by atoms with Crippen LogP contribution in [0.3, 0.4) is 0 Å². The summed E-state index contributed by atoms with van der Waals surface area (Å²) >= 11 is 1.46. The van der Waals surface area contributed by atoms with Crippen LogP contribution in [0.5, 0.6) is 5.75 Å². The molecule has 3 aromatic rings. The van der Waals surface area contributed by atoms with Crippen molar-refractivity contribution in [2.24, 2.45) is 5.92 Å². The fourth-order valence-corrected chi connectivity index (χ4v) is 6.09. The van der Waals surface area contributed by atoms with Crippen LogP contribution >= 0.6 is 11.3 Å². The average Bonchev–Trinajstić information content (AvgIpc) is 3.63. The molecule has 0 radical (unpaired) electrons. The number of thiazole rings is 1. The number of rotatable bonds is 12. The third kappa shape index (κ3) is 9.04. The molecule has 0 unspecified atom stereocenters. The van der Waals surface area contributed by atoms with Gasteiger partial charge >= 0.3 is 6.09 Å². The van der Waals surface area contributed by atoms with Gasteiger partial charge in [-0.2, -0.15) is 0 Å². The minimum Gasteiger partial charge on any atom is -0.492 e. The Balaban J connectivity index is 1.08. The standard InChI is InChI=1S/C34H43N5O5S/c1-22-30(26-11-12-28-25(21-26)13-15-39(28)31(41)24-9-10-24)37-32(45-22)36-29(40)20-23-7-6-8-27(19-23)43-18-17-38(5)16-14-35-33(42)44-34(2,3)4/h6-8,11-12,19,21,24H,9-10,13-18,20H2,1-5H3,(H,35,42)(H,36,37,40). The molecule has 0 atom stereocenters. The van der Waals surface area contributed by atoms with E-state index in [2.05, 4.69) is 21.6 Å². The van der Waals surface area contributed by atoms with Crippen LogP contribution in [0.25, 0.3) is 11.3 Å². The molecule has 1 aliphatic heterocycles. The van der Waals surface area contributed by atoms with Crippen molar-refractivity contribution in [1.29, 1.82) is 0 Å². The van der Waals surface area contributed by atoms with Gasteiger partial charge in [0.05, 0.1) is 12.1 Å². The van der Waals surface area contributed by atoms with Crippen molar-refractivity contribution in [1.82, 2.24) is 15.2 Å². The van der Waals surface area contributed by atoms with Crippen LogP contribution < -0.4 is 20.3 Å². The first kappa shape index (κ1) is 32.4. The predicted octanol–water partition coefficient (Wildman–Crippen LogP) is 5.43. The summed E-state index contributed by atoms with van der Waals surface area (Å²) in [4.78, 5) is 47.1. The van der Waals surface area contributed by atoms with E-state index in [0.29, 0.717) is 37.1 Å². The Hall–Kier alpha value is -3.96. The summed E-state index contributed by atoms with van der Waals surface area (Å²) in [5.74, 6) is 1.01. The van der Waals surface area contributed by atoms with Gasteiger partial charge < -0.3 is 29.9 Å². The van der Waals surface area contributed by atoms with Crippen molar-refractivity contribution in [3.63, 3.8) is 0 Å². The molecule has 45 heavy (non-hydrogen) atoms. The molecule has 1 saturated carbocycles. The van der Waals surface area contributed by atoms with Crippen molar-refractivity contribution in [2.45, 2.75) is 59.0 Å². The topological polar surface area (TPSA) is 113 Å². The van der Waals surface area contributed by atoms with Crippen LogP contribution in [-0.4, -0.2) is 73.2 Å². The summed E-state index contributed by atoms with van der Waals surface area (Å²) in [6, 6.07) is 13.7. The highest BCUT2D eigenvalue weighted by molar-refractivity contribution is 7.16. The van der Waals surface area contributed by atoms with E-state index < -0.39 is 11.7 Å². The van der Waals surface area contributed by atoms with Gasteiger partial charge in [0.15, 0.2) is 5.13 Å². The first-order valence-electron chi connectivity index (χ1n) is 15.5. The van der Waals surface area contributed by atoms with E-state index >= 15 is 0 Å². The fourth-order valence-electron chi connectivity index (χ4n) is 5.23. The molecule has 2 aliphatic rings.